The topological polar surface area (TPSA) is 49.3 Å². The largest absolute Gasteiger partial charge is 0.396 e. The first-order valence-electron chi connectivity index (χ1n) is 5.99. The van der Waals surface area contributed by atoms with Gasteiger partial charge >= 0.3 is 0 Å². The second-order valence-corrected chi connectivity index (χ2v) is 5.41. The van der Waals surface area contributed by atoms with E-state index in [1.165, 1.54) is 6.08 Å². The standard InChI is InChI=1S/C14H18ClNO2S/c1-19-10-13(8-9-17)16-14(18)7-4-11-2-5-12(15)6-3-11/h2-7,13,17H,8-10H2,1H3,(H,16,18)/b7-4+. The fourth-order valence-electron chi connectivity index (χ4n) is 1.55. The van der Waals surface area contributed by atoms with Crippen LogP contribution < -0.4 is 5.32 Å². The molecule has 0 aliphatic heterocycles. The molecule has 0 heterocycles. The van der Waals surface area contributed by atoms with Gasteiger partial charge in [0, 0.05) is 29.5 Å². The SMILES string of the molecule is CSCC(CCO)NC(=O)/C=C/c1ccc(Cl)cc1. The van der Waals surface area contributed by atoms with Crippen LogP contribution in [0.15, 0.2) is 30.3 Å². The molecule has 1 atom stereocenters. The molecule has 0 radical (unpaired) electrons. The maximum atomic E-state index is 11.7. The molecule has 1 amide bonds. The molecule has 0 bridgehead atoms. The van der Waals surface area contributed by atoms with E-state index in [1.54, 1.807) is 30.0 Å². The zero-order valence-electron chi connectivity index (χ0n) is 10.8. The number of aliphatic hydroxyl groups excluding tert-OH is 1. The predicted molar refractivity (Wildman–Crippen MR) is 82.5 cm³/mol. The van der Waals surface area contributed by atoms with E-state index in [2.05, 4.69) is 5.32 Å². The van der Waals surface area contributed by atoms with Crippen LogP contribution in [0.1, 0.15) is 12.0 Å². The average Bonchev–Trinajstić information content (AvgIpc) is 2.39. The van der Waals surface area contributed by atoms with Crippen LogP contribution in [0, 0.1) is 0 Å². The number of aliphatic hydroxyl groups is 1. The van der Waals surface area contributed by atoms with Gasteiger partial charge in [0.05, 0.1) is 0 Å². The van der Waals surface area contributed by atoms with Gasteiger partial charge in [-0.3, -0.25) is 4.79 Å². The van der Waals surface area contributed by atoms with E-state index in [0.29, 0.717) is 11.4 Å². The molecule has 1 aromatic carbocycles. The summed E-state index contributed by atoms with van der Waals surface area (Å²) in [4.78, 5) is 11.7. The van der Waals surface area contributed by atoms with E-state index < -0.39 is 0 Å². The Labute approximate surface area is 123 Å². The van der Waals surface area contributed by atoms with E-state index in [0.717, 1.165) is 11.3 Å². The monoisotopic (exact) mass is 299 g/mol. The number of thioether (sulfide) groups is 1. The lowest BCUT2D eigenvalue weighted by molar-refractivity contribution is -0.117. The highest BCUT2D eigenvalue weighted by molar-refractivity contribution is 7.98. The average molecular weight is 300 g/mol. The second-order valence-electron chi connectivity index (χ2n) is 4.06. The molecule has 19 heavy (non-hydrogen) atoms. The lowest BCUT2D eigenvalue weighted by atomic mass is 10.2. The van der Waals surface area contributed by atoms with Crippen molar-refractivity contribution in [1.82, 2.24) is 5.32 Å². The minimum Gasteiger partial charge on any atom is -0.396 e. The molecule has 104 valence electrons. The van der Waals surface area contributed by atoms with Crippen LogP contribution in [0.25, 0.3) is 6.08 Å². The number of halogens is 1. The molecule has 1 rings (SSSR count). The lowest BCUT2D eigenvalue weighted by Crippen LogP contribution is -2.36. The summed E-state index contributed by atoms with van der Waals surface area (Å²) in [6, 6.07) is 7.25. The highest BCUT2D eigenvalue weighted by atomic mass is 35.5. The highest BCUT2D eigenvalue weighted by Gasteiger charge is 2.08. The van der Waals surface area contributed by atoms with E-state index in [9.17, 15) is 4.79 Å². The fourth-order valence-corrected chi connectivity index (χ4v) is 2.33. The Morgan fingerprint density at radius 3 is 2.74 bits per heavy atom. The molecule has 3 nitrogen and oxygen atoms in total. The van der Waals surface area contributed by atoms with Gasteiger partial charge in [-0.2, -0.15) is 11.8 Å². The Bertz CT molecular complexity index is 414. The van der Waals surface area contributed by atoms with Crippen molar-refractivity contribution in [3.8, 4) is 0 Å². The number of carbonyl (C=O) groups is 1. The van der Waals surface area contributed by atoms with E-state index in [1.807, 2.05) is 18.4 Å². The van der Waals surface area contributed by atoms with Crippen LogP contribution in [0.3, 0.4) is 0 Å². The summed E-state index contributed by atoms with van der Waals surface area (Å²) < 4.78 is 0. The van der Waals surface area contributed by atoms with Crippen molar-refractivity contribution in [1.29, 1.82) is 0 Å². The molecule has 0 aromatic heterocycles. The number of carbonyl (C=O) groups excluding carboxylic acids is 1. The van der Waals surface area contributed by atoms with E-state index in [4.69, 9.17) is 16.7 Å². The quantitative estimate of drug-likeness (QED) is 0.761. The van der Waals surface area contributed by atoms with Crippen molar-refractivity contribution < 1.29 is 9.90 Å². The summed E-state index contributed by atoms with van der Waals surface area (Å²) in [5.41, 5.74) is 0.920. The number of amides is 1. The first kappa shape index (κ1) is 16.1. The zero-order chi connectivity index (χ0) is 14.1. The molecule has 0 aliphatic carbocycles. The van der Waals surface area contributed by atoms with Crippen molar-refractivity contribution in [3.05, 3.63) is 40.9 Å². The minimum atomic E-state index is -0.151. The summed E-state index contributed by atoms with van der Waals surface area (Å²) in [6.45, 7) is 0.0758. The zero-order valence-corrected chi connectivity index (χ0v) is 12.4. The normalized spacial score (nSPS) is 12.6. The van der Waals surface area contributed by atoms with Gasteiger partial charge in [-0.25, -0.2) is 0 Å². The van der Waals surface area contributed by atoms with Crippen LogP contribution in [-0.4, -0.2) is 35.7 Å². The van der Waals surface area contributed by atoms with Gasteiger partial charge in [0.25, 0.3) is 0 Å². The molecule has 1 aromatic rings. The Morgan fingerprint density at radius 1 is 1.47 bits per heavy atom. The first-order chi connectivity index (χ1) is 9.15. The maximum absolute atomic E-state index is 11.7. The molecule has 0 spiro atoms. The second kappa shape index (κ2) is 9.02. The van der Waals surface area contributed by atoms with Crippen LogP contribution >= 0.6 is 23.4 Å². The Morgan fingerprint density at radius 2 is 2.16 bits per heavy atom. The highest BCUT2D eigenvalue weighted by Crippen LogP contribution is 2.10. The predicted octanol–water partition coefficient (Wildman–Crippen LogP) is 2.58. The van der Waals surface area contributed by atoms with Crippen LogP contribution in [0.2, 0.25) is 5.02 Å². The Kier molecular flexibility index (Phi) is 7.63. The Balaban J connectivity index is 2.51. The maximum Gasteiger partial charge on any atom is 0.244 e. The molecule has 0 fully saturated rings. The van der Waals surface area contributed by atoms with E-state index >= 15 is 0 Å². The summed E-state index contributed by atoms with van der Waals surface area (Å²) in [5, 5.41) is 12.5. The molecule has 0 aliphatic rings. The molecular formula is C14H18ClNO2S. The smallest absolute Gasteiger partial charge is 0.244 e. The summed E-state index contributed by atoms with van der Waals surface area (Å²) >= 11 is 7.43. The number of hydrogen-bond donors (Lipinski definition) is 2. The molecule has 0 saturated heterocycles. The van der Waals surface area contributed by atoms with Gasteiger partial charge in [0.1, 0.15) is 0 Å². The molecule has 2 N–H and O–H groups in total. The fraction of sp³-hybridized carbons (Fsp3) is 0.357. The minimum absolute atomic E-state index is 0.00219. The first-order valence-corrected chi connectivity index (χ1v) is 7.77. The molecule has 1 unspecified atom stereocenters. The van der Waals surface area contributed by atoms with Gasteiger partial charge in [-0.05, 0) is 36.4 Å². The van der Waals surface area contributed by atoms with Crippen molar-refractivity contribution in [2.75, 3.05) is 18.6 Å². The summed E-state index contributed by atoms with van der Waals surface area (Å²) in [5.74, 6) is 0.642. The van der Waals surface area contributed by atoms with Crippen molar-refractivity contribution in [2.24, 2.45) is 0 Å². The molecule has 5 heteroatoms. The molecular weight excluding hydrogens is 282 g/mol. The van der Waals surface area contributed by atoms with Gasteiger partial charge in [0.2, 0.25) is 5.91 Å². The molecule has 0 saturated carbocycles. The third kappa shape index (κ3) is 6.66. The third-order valence-electron chi connectivity index (χ3n) is 2.49. The lowest BCUT2D eigenvalue weighted by Gasteiger charge is -2.15. The van der Waals surface area contributed by atoms with Gasteiger partial charge < -0.3 is 10.4 Å². The summed E-state index contributed by atoms with van der Waals surface area (Å²) in [6.07, 6.45) is 5.77. The number of benzene rings is 1. The van der Waals surface area contributed by atoms with Crippen molar-refractivity contribution in [3.63, 3.8) is 0 Å². The van der Waals surface area contributed by atoms with Crippen LogP contribution in [0.5, 0.6) is 0 Å². The van der Waals surface area contributed by atoms with Crippen molar-refractivity contribution >= 4 is 35.3 Å². The number of hydrogen-bond acceptors (Lipinski definition) is 3. The number of nitrogens with one attached hydrogen (secondary N) is 1. The summed E-state index contributed by atoms with van der Waals surface area (Å²) in [7, 11) is 0. The van der Waals surface area contributed by atoms with Crippen molar-refractivity contribution in [2.45, 2.75) is 12.5 Å². The van der Waals surface area contributed by atoms with Gasteiger partial charge in [0.15, 0.2) is 0 Å². The number of rotatable bonds is 7. The van der Waals surface area contributed by atoms with Gasteiger partial charge in [-0.1, -0.05) is 23.7 Å². The third-order valence-corrected chi connectivity index (χ3v) is 3.48. The Hall–Kier alpha value is -0.970. The van der Waals surface area contributed by atoms with Crippen LogP contribution in [-0.2, 0) is 4.79 Å². The van der Waals surface area contributed by atoms with Gasteiger partial charge in [-0.15, -0.1) is 0 Å². The van der Waals surface area contributed by atoms with E-state index in [-0.39, 0.29) is 18.6 Å². The van der Waals surface area contributed by atoms with Crippen LogP contribution in [0.4, 0.5) is 0 Å².